The van der Waals surface area contributed by atoms with Gasteiger partial charge in [0.15, 0.2) is 0 Å². The molecular weight excluding hydrogens is 441 g/mol. The molecule has 0 bridgehead atoms. The van der Waals surface area contributed by atoms with Crippen molar-refractivity contribution in [2.75, 3.05) is 32.1 Å². The largest absolute Gasteiger partial charge is 0.497 e. The highest BCUT2D eigenvalue weighted by atomic mass is 35.5. The van der Waals surface area contributed by atoms with Crippen LogP contribution in [-0.2, 0) is 0 Å². The Morgan fingerprint density at radius 1 is 1.03 bits per heavy atom. The Labute approximate surface area is 197 Å². The molecular formula is C23H32Cl3N3O. The zero-order valence-corrected chi connectivity index (χ0v) is 20.5. The summed E-state index contributed by atoms with van der Waals surface area (Å²) >= 11 is 6.22. The molecule has 0 unspecified atom stereocenters. The molecule has 0 amide bonds. The SMILES string of the molecule is CCN(CC)CCC[C@H](C)Nc1c2ccc(Cl)cc2nc2ccc(OC)cc12.Cl.Cl. The summed E-state index contributed by atoms with van der Waals surface area (Å²) < 4.78 is 5.45. The molecule has 0 saturated heterocycles. The van der Waals surface area contributed by atoms with E-state index in [2.05, 4.69) is 43.1 Å². The van der Waals surface area contributed by atoms with Gasteiger partial charge in [-0.2, -0.15) is 0 Å². The Bertz CT molecular complexity index is 948. The van der Waals surface area contributed by atoms with Gasteiger partial charge in [-0.3, -0.25) is 0 Å². The van der Waals surface area contributed by atoms with Crippen molar-refractivity contribution in [3.8, 4) is 5.75 Å². The third-order valence-electron chi connectivity index (χ3n) is 5.34. The summed E-state index contributed by atoms with van der Waals surface area (Å²) in [5, 5.41) is 6.61. The van der Waals surface area contributed by atoms with Gasteiger partial charge in [0, 0.05) is 21.8 Å². The molecule has 0 aliphatic rings. The lowest BCUT2D eigenvalue weighted by Crippen LogP contribution is -2.25. The molecule has 1 aromatic heterocycles. The fourth-order valence-corrected chi connectivity index (χ4v) is 3.82. The fraction of sp³-hybridized carbons (Fsp3) is 0.435. The maximum Gasteiger partial charge on any atom is 0.119 e. The maximum absolute atomic E-state index is 6.22. The van der Waals surface area contributed by atoms with Crippen molar-refractivity contribution < 1.29 is 4.74 Å². The summed E-state index contributed by atoms with van der Waals surface area (Å²) in [7, 11) is 1.69. The Morgan fingerprint density at radius 2 is 1.77 bits per heavy atom. The molecule has 2 aromatic carbocycles. The van der Waals surface area contributed by atoms with Crippen LogP contribution >= 0.6 is 36.4 Å². The molecule has 7 heteroatoms. The van der Waals surface area contributed by atoms with Crippen LogP contribution in [0.15, 0.2) is 36.4 Å². The average molecular weight is 473 g/mol. The van der Waals surface area contributed by atoms with E-state index >= 15 is 0 Å². The number of rotatable bonds is 9. The molecule has 3 rings (SSSR count). The van der Waals surface area contributed by atoms with Gasteiger partial charge in [-0.25, -0.2) is 4.98 Å². The number of hydrogen-bond acceptors (Lipinski definition) is 4. The summed E-state index contributed by atoms with van der Waals surface area (Å²) in [6.45, 7) is 10.0. The van der Waals surface area contributed by atoms with Crippen molar-refractivity contribution >= 4 is 63.9 Å². The predicted octanol–water partition coefficient (Wildman–Crippen LogP) is 6.82. The van der Waals surface area contributed by atoms with Crippen LogP contribution in [0, 0.1) is 0 Å². The normalized spacial score (nSPS) is 11.8. The minimum Gasteiger partial charge on any atom is -0.497 e. The number of anilines is 1. The van der Waals surface area contributed by atoms with Crippen molar-refractivity contribution in [3.63, 3.8) is 0 Å². The van der Waals surface area contributed by atoms with E-state index in [1.807, 2.05) is 24.3 Å². The lowest BCUT2D eigenvalue weighted by atomic mass is 10.1. The Kier molecular flexibility index (Phi) is 11.0. The monoisotopic (exact) mass is 471 g/mol. The van der Waals surface area contributed by atoms with E-state index in [-0.39, 0.29) is 24.8 Å². The van der Waals surface area contributed by atoms with Crippen LogP contribution in [0.3, 0.4) is 0 Å². The van der Waals surface area contributed by atoms with Crippen LogP contribution in [0.4, 0.5) is 5.69 Å². The molecule has 0 spiro atoms. The van der Waals surface area contributed by atoms with E-state index in [0.29, 0.717) is 11.1 Å². The van der Waals surface area contributed by atoms with E-state index < -0.39 is 0 Å². The van der Waals surface area contributed by atoms with Crippen molar-refractivity contribution in [3.05, 3.63) is 41.4 Å². The topological polar surface area (TPSA) is 37.4 Å². The lowest BCUT2D eigenvalue weighted by molar-refractivity contribution is 0.295. The third kappa shape index (κ3) is 6.27. The Hall–Kier alpha value is -1.46. The van der Waals surface area contributed by atoms with Crippen molar-refractivity contribution in [1.82, 2.24) is 9.88 Å². The summed E-state index contributed by atoms with van der Waals surface area (Å²) in [6, 6.07) is 12.3. The van der Waals surface area contributed by atoms with Crippen LogP contribution in [0.2, 0.25) is 5.02 Å². The maximum atomic E-state index is 6.22. The second kappa shape index (κ2) is 12.4. The lowest BCUT2D eigenvalue weighted by Gasteiger charge is -2.22. The molecule has 1 heterocycles. The first-order chi connectivity index (χ1) is 13.5. The van der Waals surface area contributed by atoms with E-state index in [1.54, 1.807) is 7.11 Å². The molecule has 0 aliphatic heterocycles. The van der Waals surface area contributed by atoms with Crippen LogP contribution in [0.1, 0.15) is 33.6 Å². The predicted molar refractivity (Wildman–Crippen MR) is 135 cm³/mol. The van der Waals surface area contributed by atoms with Gasteiger partial charge in [0.25, 0.3) is 0 Å². The van der Waals surface area contributed by atoms with Gasteiger partial charge in [0.05, 0.1) is 23.8 Å². The summed E-state index contributed by atoms with van der Waals surface area (Å²) in [4.78, 5) is 7.27. The number of halogens is 3. The number of nitrogens with one attached hydrogen (secondary N) is 1. The van der Waals surface area contributed by atoms with Crippen molar-refractivity contribution in [1.29, 1.82) is 0 Å². The molecule has 0 saturated carbocycles. The second-order valence-corrected chi connectivity index (χ2v) is 7.68. The molecule has 166 valence electrons. The Balaban J connectivity index is 0.00000225. The minimum atomic E-state index is 0. The highest BCUT2D eigenvalue weighted by Crippen LogP contribution is 2.34. The highest BCUT2D eigenvalue weighted by molar-refractivity contribution is 6.31. The van der Waals surface area contributed by atoms with E-state index in [0.717, 1.165) is 59.3 Å². The number of pyridine rings is 1. The smallest absolute Gasteiger partial charge is 0.119 e. The number of benzene rings is 2. The van der Waals surface area contributed by atoms with Gasteiger partial charge < -0.3 is 15.0 Å². The van der Waals surface area contributed by atoms with Crippen LogP contribution in [0.5, 0.6) is 5.75 Å². The number of aromatic nitrogens is 1. The van der Waals surface area contributed by atoms with Gasteiger partial charge in [0.2, 0.25) is 0 Å². The first-order valence-electron chi connectivity index (χ1n) is 10.1. The first kappa shape index (κ1) is 26.6. The molecule has 3 aromatic rings. The van der Waals surface area contributed by atoms with Gasteiger partial charge in [0.1, 0.15) is 5.75 Å². The molecule has 4 nitrogen and oxygen atoms in total. The second-order valence-electron chi connectivity index (χ2n) is 7.25. The average Bonchev–Trinajstić information content (AvgIpc) is 2.70. The van der Waals surface area contributed by atoms with E-state index in [1.165, 1.54) is 6.42 Å². The molecule has 1 N–H and O–H groups in total. The third-order valence-corrected chi connectivity index (χ3v) is 5.57. The molecule has 30 heavy (non-hydrogen) atoms. The number of fused-ring (bicyclic) bond motifs is 2. The number of nitrogens with zero attached hydrogens (tertiary/aromatic N) is 2. The summed E-state index contributed by atoms with van der Waals surface area (Å²) in [6.07, 6.45) is 2.28. The van der Waals surface area contributed by atoms with Crippen LogP contribution in [0.25, 0.3) is 21.8 Å². The minimum absolute atomic E-state index is 0. The first-order valence-corrected chi connectivity index (χ1v) is 10.5. The zero-order valence-electron chi connectivity index (χ0n) is 18.1. The summed E-state index contributed by atoms with van der Waals surface area (Å²) in [5.41, 5.74) is 2.95. The van der Waals surface area contributed by atoms with Gasteiger partial charge in [-0.1, -0.05) is 25.4 Å². The van der Waals surface area contributed by atoms with Crippen LogP contribution < -0.4 is 10.1 Å². The van der Waals surface area contributed by atoms with Crippen molar-refractivity contribution in [2.45, 2.75) is 39.7 Å². The summed E-state index contributed by atoms with van der Waals surface area (Å²) in [5.74, 6) is 0.833. The van der Waals surface area contributed by atoms with Gasteiger partial charge in [-0.15, -0.1) is 24.8 Å². The fourth-order valence-electron chi connectivity index (χ4n) is 3.66. The number of hydrogen-bond donors (Lipinski definition) is 1. The van der Waals surface area contributed by atoms with Crippen molar-refractivity contribution in [2.24, 2.45) is 0 Å². The number of methoxy groups -OCH3 is 1. The van der Waals surface area contributed by atoms with E-state index in [4.69, 9.17) is 21.3 Å². The molecule has 0 radical (unpaired) electrons. The number of ether oxygens (including phenoxy) is 1. The zero-order chi connectivity index (χ0) is 20.1. The van der Waals surface area contributed by atoms with Gasteiger partial charge in [-0.05, 0) is 75.8 Å². The standard InChI is InChI=1S/C23H30ClN3O.2ClH/c1-5-27(6-2)13-7-8-16(3)25-23-19-11-9-17(24)14-22(19)26-21-12-10-18(28-4)15-20(21)23;;/h9-12,14-16H,5-8,13H2,1-4H3,(H,25,26);2*1H/t16-;;/m0../s1. The molecule has 0 aliphatic carbocycles. The molecule has 1 atom stereocenters. The quantitative estimate of drug-likeness (QED) is 0.347. The Morgan fingerprint density at radius 3 is 2.43 bits per heavy atom. The highest BCUT2D eigenvalue weighted by Gasteiger charge is 2.13. The van der Waals surface area contributed by atoms with Gasteiger partial charge >= 0.3 is 0 Å². The van der Waals surface area contributed by atoms with E-state index in [9.17, 15) is 0 Å². The van der Waals surface area contributed by atoms with Crippen LogP contribution in [-0.4, -0.2) is 42.7 Å². The molecule has 0 fully saturated rings.